The number of amides is 1. The molecule has 3 aromatic rings. The Morgan fingerprint density at radius 2 is 1.88 bits per heavy atom. The molecule has 2 aromatic carbocycles. The lowest BCUT2D eigenvalue weighted by atomic mass is 9.97. The van der Waals surface area contributed by atoms with Crippen molar-refractivity contribution in [3.63, 3.8) is 0 Å². The molecule has 1 aromatic heterocycles. The molecule has 0 bridgehead atoms. The standard InChI is InChI=1S/C25H26F2N2O3/c1-16(30)29-23(11-17-9-21(26)13-22(27)10-17)24(31)14-28-25(6-7-25)20-4-2-3-18(12-20)19-5-8-32-15-19/h2-5,8-10,12-13,15,23-24,28,31H,6-7,11,14H2,1H3,(H,29,30). The smallest absolute Gasteiger partial charge is 0.217 e. The van der Waals surface area contributed by atoms with Gasteiger partial charge in [0.2, 0.25) is 5.91 Å². The van der Waals surface area contributed by atoms with Crippen LogP contribution in [0, 0.1) is 11.6 Å². The summed E-state index contributed by atoms with van der Waals surface area (Å²) in [5.41, 5.74) is 3.29. The highest BCUT2D eigenvalue weighted by atomic mass is 19.1. The van der Waals surface area contributed by atoms with E-state index in [0.29, 0.717) is 5.56 Å². The monoisotopic (exact) mass is 440 g/mol. The van der Waals surface area contributed by atoms with Crippen molar-refractivity contribution in [2.45, 2.75) is 43.9 Å². The number of furan rings is 1. The van der Waals surface area contributed by atoms with Crippen molar-refractivity contribution < 1.29 is 23.1 Å². The van der Waals surface area contributed by atoms with Gasteiger partial charge in [0.1, 0.15) is 11.6 Å². The molecule has 1 amide bonds. The van der Waals surface area contributed by atoms with Crippen LogP contribution in [0.2, 0.25) is 0 Å². The fraction of sp³-hybridized carbons (Fsp3) is 0.320. The molecular formula is C25H26F2N2O3. The number of carbonyl (C=O) groups is 1. The molecule has 2 unspecified atom stereocenters. The van der Waals surface area contributed by atoms with E-state index in [1.54, 1.807) is 12.5 Å². The van der Waals surface area contributed by atoms with Crippen LogP contribution in [0.15, 0.2) is 65.5 Å². The maximum Gasteiger partial charge on any atom is 0.217 e. The van der Waals surface area contributed by atoms with Gasteiger partial charge < -0.3 is 20.2 Å². The van der Waals surface area contributed by atoms with Crippen LogP contribution >= 0.6 is 0 Å². The molecule has 1 saturated carbocycles. The minimum atomic E-state index is -0.945. The van der Waals surface area contributed by atoms with E-state index in [2.05, 4.69) is 22.8 Å². The molecule has 3 N–H and O–H groups in total. The molecule has 168 valence electrons. The van der Waals surface area contributed by atoms with Crippen LogP contribution < -0.4 is 10.6 Å². The molecule has 7 heteroatoms. The van der Waals surface area contributed by atoms with Crippen molar-refractivity contribution in [2.24, 2.45) is 0 Å². The number of aliphatic hydroxyl groups excluding tert-OH is 1. The van der Waals surface area contributed by atoms with Crippen LogP contribution in [-0.4, -0.2) is 29.7 Å². The number of carbonyl (C=O) groups excluding carboxylic acids is 1. The third-order valence-corrected chi connectivity index (χ3v) is 5.90. The summed E-state index contributed by atoms with van der Waals surface area (Å²) in [5.74, 6) is -1.70. The first-order chi connectivity index (χ1) is 15.3. The molecule has 1 aliphatic carbocycles. The number of hydrogen-bond donors (Lipinski definition) is 3. The summed E-state index contributed by atoms with van der Waals surface area (Å²) in [6.07, 6.45) is 4.35. The Morgan fingerprint density at radius 3 is 2.50 bits per heavy atom. The van der Waals surface area contributed by atoms with Crippen molar-refractivity contribution in [1.82, 2.24) is 10.6 Å². The summed E-state index contributed by atoms with van der Waals surface area (Å²) < 4.78 is 32.3. The molecule has 0 saturated heterocycles. The molecule has 5 nitrogen and oxygen atoms in total. The maximum absolute atomic E-state index is 13.6. The van der Waals surface area contributed by atoms with Gasteiger partial charge in [-0.15, -0.1) is 0 Å². The quantitative estimate of drug-likeness (QED) is 0.472. The summed E-state index contributed by atoms with van der Waals surface area (Å²) in [6.45, 7) is 1.57. The summed E-state index contributed by atoms with van der Waals surface area (Å²) in [5, 5.41) is 17.0. The molecular weight excluding hydrogens is 414 g/mol. The molecule has 0 radical (unpaired) electrons. The van der Waals surface area contributed by atoms with E-state index in [1.807, 2.05) is 18.2 Å². The number of hydrogen-bond acceptors (Lipinski definition) is 4. The highest BCUT2D eigenvalue weighted by molar-refractivity contribution is 5.73. The van der Waals surface area contributed by atoms with Crippen LogP contribution in [0.5, 0.6) is 0 Å². The highest BCUT2D eigenvalue weighted by Gasteiger charge is 2.44. The zero-order chi connectivity index (χ0) is 22.7. The largest absolute Gasteiger partial charge is 0.472 e. The molecule has 1 fully saturated rings. The van der Waals surface area contributed by atoms with Crippen molar-refractivity contribution in [3.8, 4) is 11.1 Å². The van der Waals surface area contributed by atoms with Gasteiger partial charge >= 0.3 is 0 Å². The predicted molar refractivity (Wildman–Crippen MR) is 117 cm³/mol. The zero-order valence-electron chi connectivity index (χ0n) is 17.8. The SMILES string of the molecule is CC(=O)NC(Cc1cc(F)cc(F)c1)C(O)CNC1(c2cccc(-c3ccoc3)c2)CC1. The van der Waals surface area contributed by atoms with Crippen LogP contribution in [0.25, 0.3) is 11.1 Å². The van der Waals surface area contributed by atoms with Gasteiger partial charge in [-0.1, -0.05) is 18.2 Å². The second-order valence-corrected chi connectivity index (χ2v) is 8.41. The van der Waals surface area contributed by atoms with E-state index in [1.165, 1.54) is 19.1 Å². The Bertz CT molecular complexity index is 1060. The Morgan fingerprint density at radius 1 is 1.12 bits per heavy atom. The normalized spacial score (nSPS) is 16.4. The van der Waals surface area contributed by atoms with Crippen molar-refractivity contribution in [3.05, 3.63) is 83.8 Å². The molecule has 0 aliphatic heterocycles. The van der Waals surface area contributed by atoms with E-state index in [9.17, 15) is 18.7 Å². The first-order valence-corrected chi connectivity index (χ1v) is 10.6. The van der Waals surface area contributed by atoms with E-state index < -0.39 is 23.8 Å². The number of aliphatic hydroxyl groups is 1. The first-order valence-electron chi connectivity index (χ1n) is 10.6. The third-order valence-electron chi connectivity index (χ3n) is 5.90. The number of rotatable bonds is 9. The molecule has 1 aliphatic rings. The molecule has 4 rings (SSSR count). The van der Waals surface area contributed by atoms with E-state index in [0.717, 1.165) is 35.6 Å². The van der Waals surface area contributed by atoms with Gasteiger partial charge in [-0.2, -0.15) is 0 Å². The number of nitrogens with one attached hydrogen (secondary N) is 2. The van der Waals surface area contributed by atoms with Crippen LogP contribution in [0.1, 0.15) is 30.9 Å². The van der Waals surface area contributed by atoms with Gasteiger partial charge in [-0.25, -0.2) is 8.78 Å². The highest BCUT2D eigenvalue weighted by Crippen LogP contribution is 2.46. The zero-order valence-corrected chi connectivity index (χ0v) is 17.8. The summed E-state index contributed by atoms with van der Waals surface area (Å²) in [7, 11) is 0. The average molecular weight is 440 g/mol. The van der Waals surface area contributed by atoms with E-state index >= 15 is 0 Å². The van der Waals surface area contributed by atoms with E-state index in [-0.39, 0.29) is 24.4 Å². The van der Waals surface area contributed by atoms with Gasteiger partial charge in [0.15, 0.2) is 0 Å². The summed E-state index contributed by atoms with van der Waals surface area (Å²) in [6, 6.07) is 12.6. The first kappa shape index (κ1) is 22.2. The van der Waals surface area contributed by atoms with Crippen LogP contribution in [-0.2, 0) is 16.8 Å². The fourth-order valence-electron chi connectivity index (χ4n) is 4.09. The third kappa shape index (κ3) is 5.23. The average Bonchev–Trinajstić information content (AvgIpc) is 3.33. The van der Waals surface area contributed by atoms with Gasteiger partial charge in [0.25, 0.3) is 0 Å². The van der Waals surface area contributed by atoms with Gasteiger partial charge in [-0.05, 0) is 60.2 Å². The number of benzene rings is 2. The predicted octanol–water partition coefficient (Wildman–Crippen LogP) is 3.91. The Hall–Kier alpha value is -3.03. The molecule has 0 spiro atoms. The minimum Gasteiger partial charge on any atom is -0.472 e. The second kappa shape index (κ2) is 9.22. The summed E-state index contributed by atoms with van der Waals surface area (Å²) in [4.78, 5) is 11.7. The summed E-state index contributed by atoms with van der Waals surface area (Å²) >= 11 is 0. The fourth-order valence-corrected chi connectivity index (χ4v) is 4.09. The van der Waals surface area contributed by atoms with Gasteiger partial charge in [0.05, 0.1) is 24.7 Å². The number of halogens is 2. The van der Waals surface area contributed by atoms with Crippen molar-refractivity contribution in [1.29, 1.82) is 0 Å². The van der Waals surface area contributed by atoms with Gasteiger partial charge in [0, 0.05) is 30.6 Å². The minimum absolute atomic E-state index is 0.111. The van der Waals surface area contributed by atoms with E-state index in [4.69, 9.17) is 4.42 Å². The van der Waals surface area contributed by atoms with Crippen molar-refractivity contribution >= 4 is 5.91 Å². The molecule has 1 heterocycles. The lowest BCUT2D eigenvalue weighted by Gasteiger charge is -2.27. The lowest BCUT2D eigenvalue weighted by molar-refractivity contribution is -0.120. The maximum atomic E-state index is 13.6. The lowest BCUT2D eigenvalue weighted by Crippen LogP contribution is -2.49. The molecule has 2 atom stereocenters. The topological polar surface area (TPSA) is 74.5 Å². The second-order valence-electron chi connectivity index (χ2n) is 8.41. The Kier molecular flexibility index (Phi) is 6.39. The Labute approximate surface area is 185 Å². The molecule has 32 heavy (non-hydrogen) atoms. The Balaban J connectivity index is 1.45. The van der Waals surface area contributed by atoms with Crippen LogP contribution in [0.4, 0.5) is 8.78 Å². The van der Waals surface area contributed by atoms with Crippen LogP contribution in [0.3, 0.4) is 0 Å². The van der Waals surface area contributed by atoms with Crippen molar-refractivity contribution in [2.75, 3.05) is 6.54 Å². The van der Waals surface area contributed by atoms with Gasteiger partial charge in [-0.3, -0.25) is 4.79 Å².